The summed E-state index contributed by atoms with van der Waals surface area (Å²) in [7, 11) is -4.75. The Hall–Kier alpha value is -1.48. The second-order valence-electron chi connectivity index (χ2n) is 9.87. The fourth-order valence-electron chi connectivity index (χ4n) is 3.92. The summed E-state index contributed by atoms with van der Waals surface area (Å²) in [5, 5.41) is 2.76. The molecule has 0 aliphatic heterocycles. The van der Waals surface area contributed by atoms with E-state index in [4.69, 9.17) is 19.3 Å². The molecule has 0 aliphatic carbocycles. The van der Waals surface area contributed by atoms with Crippen molar-refractivity contribution in [1.29, 1.82) is 0 Å². The Kier molecular flexibility index (Phi) is 23.6. The highest BCUT2D eigenvalue weighted by molar-refractivity contribution is 7.46. The van der Waals surface area contributed by atoms with E-state index in [0.717, 1.165) is 51.4 Å². The Morgan fingerprint density at radius 2 is 1.18 bits per heavy atom. The van der Waals surface area contributed by atoms with Gasteiger partial charge in [-0.1, -0.05) is 90.4 Å². The van der Waals surface area contributed by atoms with Gasteiger partial charge in [0.05, 0.1) is 6.61 Å². The fourth-order valence-corrected chi connectivity index (χ4v) is 4.28. The molecule has 224 valence electrons. The molecule has 0 saturated carbocycles. The van der Waals surface area contributed by atoms with Gasteiger partial charge in [0, 0.05) is 26.3 Å². The number of carbonyl (C=O) groups is 3. The zero-order chi connectivity index (χ0) is 28.5. The van der Waals surface area contributed by atoms with E-state index in [2.05, 4.69) is 16.8 Å². The average molecular weight is 566 g/mol. The van der Waals surface area contributed by atoms with Crippen LogP contribution in [0.25, 0.3) is 0 Å². The van der Waals surface area contributed by atoms with Crippen LogP contribution in [-0.2, 0) is 32.9 Å². The topological polar surface area (TPSA) is 148 Å². The van der Waals surface area contributed by atoms with Gasteiger partial charge >= 0.3 is 19.8 Å². The number of amides is 1. The lowest BCUT2D eigenvalue weighted by Crippen LogP contribution is -2.29. The van der Waals surface area contributed by atoms with E-state index in [1.807, 2.05) is 0 Å². The molecule has 11 heteroatoms. The predicted octanol–water partition coefficient (Wildman–Crippen LogP) is 5.73. The first-order chi connectivity index (χ1) is 18.1. The van der Waals surface area contributed by atoms with Crippen LogP contribution >= 0.6 is 7.82 Å². The largest absolute Gasteiger partial charge is 0.469 e. The van der Waals surface area contributed by atoms with Gasteiger partial charge in [-0.05, 0) is 19.3 Å². The molecule has 38 heavy (non-hydrogen) atoms. The Labute approximate surface area is 229 Å². The number of carbonyl (C=O) groups excluding carboxylic acids is 3. The third-order valence-electron chi connectivity index (χ3n) is 6.07. The number of rotatable bonds is 26. The highest BCUT2D eigenvalue weighted by Gasteiger charge is 2.22. The van der Waals surface area contributed by atoms with E-state index in [9.17, 15) is 18.9 Å². The van der Waals surface area contributed by atoms with Crippen LogP contribution in [0.5, 0.6) is 0 Å². The first kappa shape index (κ1) is 36.5. The van der Waals surface area contributed by atoms with Crippen LogP contribution in [-0.4, -0.2) is 53.5 Å². The minimum atomic E-state index is -4.75. The first-order valence-corrected chi connectivity index (χ1v) is 16.0. The molecule has 0 aromatic heterocycles. The lowest BCUT2D eigenvalue weighted by atomic mass is 10.1. The molecule has 1 amide bonds. The monoisotopic (exact) mass is 565 g/mol. The second kappa shape index (κ2) is 24.6. The molecule has 0 aliphatic rings. The Morgan fingerprint density at radius 3 is 1.68 bits per heavy atom. The SMILES string of the molecule is CCCCCCCCCCCCC(=O)O[C@@H](COC(=O)CCCCCCCCNC(C)=O)COP(=O)(O)O. The summed E-state index contributed by atoms with van der Waals surface area (Å²) in [4.78, 5) is 53.0. The second-order valence-corrected chi connectivity index (χ2v) is 11.1. The molecule has 0 unspecified atom stereocenters. The van der Waals surface area contributed by atoms with Crippen LogP contribution in [0.2, 0.25) is 0 Å². The maximum Gasteiger partial charge on any atom is 0.469 e. The zero-order valence-corrected chi connectivity index (χ0v) is 24.5. The van der Waals surface area contributed by atoms with Gasteiger partial charge in [-0.15, -0.1) is 0 Å². The fraction of sp³-hybridized carbons (Fsp3) is 0.889. The van der Waals surface area contributed by atoms with Crippen LogP contribution in [0.3, 0.4) is 0 Å². The standard InChI is InChI=1S/C27H52NO9P/c1-3-4-5-6-7-8-9-10-14-17-20-27(31)37-25(23-36-38(32,33)34)22-35-26(30)19-16-13-11-12-15-18-21-28-24(2)29/h25H,3-23H2,1-2H3,(H,28,29)(H2,32,33,34)/t25-/m0/s1. The van der Waals surface area contributed by atoms with E-state index in [1.54, 1.807) is 0 Å². The summed E-state index contributed by atoms with van der Waals surface area (Å²) in [6.45, 7) is 3.51. The van der Waals surface area contributed by atoms with Crippen LogP contribution in [0.4, 0.5) is 0 Å². The summed E-state index contributed by atoms with van der Waals surface area (Å²) in [5.41, 5.74) is 0. The molecular weight excluding hydrogens is 513 g/mol. The maximum absolute atomic E-state index is 12.2. The Bertz CT molecular complexity index is 669. The molecule has 10 nitrogen and oxygen atoms in total. The van der Waals surface area contributed by atoms with E-state index in [-0.39, 0.29) is 25.4 Å². The summed E-state index contributed by atoms with van der Waals surface area (Å²) < 4.78 is 26.0. The van der Waals surface area contributed by atoms with Gasteiger partial charge in [0.15, 0.2) is 6.10 Å². The molecule has 3 N–H and O–H groups in total. The van der Waals surface area contributed by atoms with E-state index in [1.165, 1.54) is 45.4 Å². The Balaban J connectivity index is 4.07. The number of phosphoric acid groups is 1. The molecule has 1 atom stereocenters. The van der Waals surface area contributed by atoms with Gasteiger partial charge in [-0.25, -0.2) is 4.57 Å². The van der Waals surface area contributed by atoms with Gasteiger partial charge in [0.2, 0.25) is 5.91 Å². The predicted molar refractivity (Wildman–Crippen MR) is 146 cm³/mol. The van der Waals surface area contributed by atoms with Gasteiger partial charge in [-0.2, -0.15) is 0 Å². The van der Waals surface area contributed by atoms with Crippen LogP contribution < -0.4 is 5.32 Å². The van der Waals surface area contributed by atoms with E-state index < -0.39 is 32.5 Å². The minimum Gasteiger partial charge on any atom is -0.462 e. The van der Waals surface area contributed by atoms with Crippen LogP contribution in [0, 0.1) is 0 Å². The summed E-state index contributed by atoms with van der Waals surface area (Å²) in [6.07, 6.45) is 16.2. The normalized spacial score (nSPS) is 12.2. The molecular formula is C27H52NO9P. The third kappa shape index (κ3) is 27.6. The van der Waals surface area contributed by atoms with Crippen molar-refractivity contribution < 1.29 is 42.7 Å². The van der Waals surface area contributed by atoms with E-state index in [0.29, 0.717) is 19.4 Å². The lowest BCUT2D eigenvalue weighted by Gasteiger charge is -2.18. The Morgan fingerprint density at radius 1 is 0.711 bits per heavy atom. The first-order valence-electron chi connectivity index (χ1n) is 14.4. The van der Waals surface area contributed by atoms with Crippen molar-refractivity contribution in [2.45, 2.75) is 136 Å². The van der Waals surface area contributed by atoms with Crippen LogP contribution in [0.15, 0.2) is 0 Å². The van der Waals surface area contributed by atoms with Crippen molar-refractivity contribution in [2.75, 3.05) is 19.8 Å². The van der Waals surface area contributed by atoms with Crippen molar-refractivity contribution in [2.24, 2.45) is 0 Å². The summed E-state index contributed by atoms with van der Waals surface area (Å²) in [6, 6.07) is 0. The molecule has 0 spiro atoms. The number of hydrogen-bond acceptors (Lipinski definition) is 7. The molecule has 0 fully saturated rings. The molecule has 0 heterocycles. The van der Waals surface area contributed by atoms with Gasteiger partial charge in [-0.3, -0.25) is 18.9 Å². The van der Waals surface area contributed by atoms with Crippen molar-refractivity contribution >= 4 is 25.7 Å². The molecule has 0 saturated heterocycles. The van der Waals surface area contributed by atoms with Gasteiger partial charge in [0.1, 0.15) is 6.61 Å². The van der Waals surface area contributed by atoms with Crippen molar-refractivity contribution in [1.82, 2.24) is 5.32 Å². The number of unbranched alkanes of at least 4 members (excludes halogenated alkanes) is 14. The van der Waals surface area contributed by atoms with Crippen molar-refractivity contribution in [3.8, 4) is 0 Å². The summed E-state index contributed by atoms with van der Waals surface area (Å²) in [5.74, 6) is -0.982. The van der Waals surface area contributed by atoms with Gasteiger partial charge < -0.3 is 24.6 Å². The van der Waals surface area contributed by atoms with E-state index >= 15 is 0 Å². The molecule has 0 aromatic carbocycles. The van der Waals surface area contributed by atoms with Gasteiger partial charge in [0.25, 0.3) is 0 Å². The zero-order valence-electron chi connectivity index (χ0n) is 23.6. The number of esters is 2. The maximum atomic E-state index is 12.2. The minimum absolute atomic E-state index is 0.0251. The third-order valence-corrected chi connectivity index (χ3v) is 6.56. The molecule has 0 rings (SSSR count). The lowest BCUT2D eigenvalue weighted by molar-refractivity contribution is -0.161. The number of ether oxygens (including phenoxy) is 2. The highest BCUT2D eigenvalue weighted by Crippen LogP contribution is 2.35. The van der Waals surface area contributed by atoms with Crippen LogP contribution in [0.1, 0.15) is 129 Å². The molecule has 0 bridgehead atoms. The molecule has 0 radical (unpaired) electrons. The van der Waals surface area contributed by atoms with Crippen molar-refractivity contribution in [3.63, 3.8) is 0 Å². The quantitative estimate of drug-likeness (QED) is 0.0679. The van der Waals surface area contributed by atoms with Crippen molar-refractivity contribution in [3.05, 3.63) is 0 Å². The summed E-state index contributed by atoms with van der Waals surface area (Å²) >= 11 is 0. The number of phosphoric ester groups is 1. The average Bonchev–Trinajstić information content (AvgIpc) is 2.85. The number of hydrogen-bond donors (Lipinski definition) is 3. The molecule has 0 aromatic rings. The highest BCUT2D eigenvalue weighted by atomic mass is 31.2. The number of nitrogens with one attached hydrogen (secondary N) is 1. The smallest absolute Gasteiger partial charge is 0.462 e.